The van der Waals surface area contributed by atoms with Crippen LogP contribution in [0.1, 0.15) is 65.9 Å². The summed E-state index contributed by atoms with van der Waals surface area (Å²) in [6.45, 7) is 0. The van der Waals surface area contributed by atoms with E-state index in [1.54, 1.807) is 0 Å². The summed E-state index contributed by atoms with van der Waals surface area (Å²) in [5, 5.41) is 0. The number of nitrogens with zero attached hydrogens (tertiary/aromatic N) is 3. The van der Waals surface area contributed by atoms with Gasteiger partial charge in [-0.15, -0.1) is 0 Å². The lowest BCUT2D eigenvalue weighted by atomic mass is 9.80. The average molecular weight is 886 g/mol. The molecule has 0 aliphatic carbocycles. The fourth-order valence-corrected chi connectivity index (χ4v) is 11.1. The zero-order valence-electron chi connectivity index (χ0n) is 37.5. The minimum absolute atomic E-state index is 0.0911. The van der Waals surface area contributed by atoms with E-state index in [1.165, 1.54) is 38.3 Å². The Labute approximate surface area is 401 Å². The predicted molar refractivity (Wildman–Crippen MR) is 279 cm³/mol. The number of para-hydroxylation sites is 5. The largest absolute Gasteiger partial charge is 0.310 e. The lowest BCUT2D eigenvalue weighted by Crippen LogP contribution is -2.29. The second-order valence-electron chi connectivity index (χ2n) is 17.9. The van der Waals surface area contributed by atoms with E-state index >= 15 is 0 Å². The Morgan fingerprint density at radius 2 is 0.551 bits per heavy atom. The van der Waals surface area contributed by atoms with Gasteiger partial charge in [0.1, 0.15) is 0 Å². The van der Waals surface area contributed by atoms with Crippen molar-refractivity contribution in [3.8, 4) is 22.3 Å². The van der Waals surface area contributed by atoms with E-state index in [2.05, 4.69) is 216 Å². The van der Waals surface area contributed by atoms with Crippen LogP contribution in [0.5, 0.6) is 0 Å². The average Bonchev–Trinajstić information content (AvgIpc) is 3.68. The van der Waals surface area contributed by atoms with Gasteiger partial charge in [-0.3, -0.25) is 9.59 Å². The van der Waals surface area contributed by atoms with Crippen molar-refractivity contribution in [1.82, 2.24) is 0 Å². The monoisotopic (exact) mass is 885 g/mol. The first kappa shape index (κ1) is 40.2. The van der Waals surface area contributed by atoms with Crippen molar-refractivity contribution in [3.05, 3.63) is 293 Å². The Morgan fingerprint density at radius 1 is 0.261 bits per heavy atom. The van der Waals surface area contributed by atoms with Gasteiger partial charge in [0.15, 0.2) is 0 Å². The molecular formula is C64H43N3O2. The molecule has 0 unspecified atom stereocenters. The number of benzene rings is 10. The standard InChI is InChI=1S/C64H43N3O2/c68-63-61-49(42-32-36-47(37-33-42)65-55-28-14-10-24-51(55)59(44-18-4-1-5-19-44)52-25-11-15-29-56(52)65)40-41-50(62(61)64(69)67(63)46-22-8-3-9-23-46)43-34-38-48(39-35-43)66-57-30-16-12-26-53(57)60(45-20-6-2-7-21-45)54-27-13-17-31-58(54)66/h1-41,59-60H. The molecule has 0 bridgehead atoms. The highest BCUT2D eigenvalue weighted by Gasteiger charge is 2.41. The number of fused-ring (bicyclic) bond motifs is 5. The second-order valence-corrected chi connectivity index (χ2v) is 17.9. The van der Waals surface area contributed by atoms with Crippen LogP contribution in [0.2, 0.25) is 0 Å². The normalized spacial score (nSPS) is 13.9. The van der Waals surface area contributed by atoms with E-state index in [0.29, 0.717) is 27.9 Å². The number of imide groups is 1. The highest BCUT2D eigenvalue weighted by atomic mass is 16.2. The highest BCUT2D eigenvalue weighted by Crippen LogP contribution is 2.53. The SMILES string of the molecule is O=C1c2c(-c3ccc(N4c5ccccc5C(c5ccccc5)c5ccccc54)cc3)ccc(-c3ccc(N4c5ccccc5C(c5ccccc5)c5ccccc54)cc3)c2C(=O)N1c1ccccc1. The van der Waals surface area contributed by atoms with E-state index in [1.807, 2.05) is 42.5 Å². The van der Waals surface area contributed by atoms with Gasteiger partial charge in [0.2, 0.25) is 0 Å². The topological polar surface area (TPSA) is 43.9 Å². The molecule has 326 valence electrons. The zero-order chi connectivity index (χ0) is 46.0. The number of amides is 2. The molecule has 0 radical (unpaired) electrons. The number of hydrogen-bond donors (Lipinski definition) is 0. The molecule has 3 aliphatic heterocycles. The number of hydrogen-bond acceptors (Lipinski definition) is 4. The predicted octanol–water partition coefficient (Wildman–Crippen LogP) is 15.7. The van der Waals surface area contributed by atoms with Crippen LogP contribution in [0.4, 0.5) is 39.8 Å². The van der Waals surface area contributed by atoms with Crippen LogP contribution >= 0.6 is 0 Å². The Balaban J connectivity index is 0.896. The Morgan fingerprint density at radius 3 is 0.899 bits per heavy atom. The summed E-state index contributed by atoms with van der Waals surface area (Å²) in [6.07, 6.45) is 0. The molecule has 5 heteroatoms. The maximum Gasteiger partial charge on any atom is 0.266 e. The van der Waals surface area contributed by atoms with Crippen molar-refractivity contribution >= 4 is 51.6 Å². The summed E-state index contributed by atoms with van der Waals surface area (Å²) in [6, 6.07) is 86.1. The quantitative estimate of drug-likeness (QED) is 0.150. The number of rotatable bonds is 7. The van der Waals surface area contributed by atoms with Crippen molar-refractivity contribution in [2.45, 2.75) is 11.8 Å². The molecule has 10 aromatic rings. The maximum absolute atomic E-state index is 14.8. The van der Waals surface area contributed by atoms with Crippen LogP contribution in [-0.4, -0.2) is 11.8 Å². The minimum Gasteiger partial charge on any atom is -0.310 e. The van der Waals surface area contributed by atoms with Gasteiger partial charge in [-0.2, -0.15) is 0 Å². The third-order valence-electron chi connectivity index (χ3n) is 14.1. The first-order valence-electron chi connectivity index (χ1n) is 23.5. The third-order valence-corrected chi connectivity index (χ3v) is 14.1. The highest BCUT2D eigenvalue weighted by molar-refractivity contribution is 6.37. The Bertz CT molecular complexity index is 3290. The summed E-state index contributed by atoms with van der Waals surface area (Å²) in [5.41, 5.74) is 18.4. The smallest absolute Gasteiger partial charge is 0.266 e. The number of carbonyl (C=O) groups is 2. The van der Waals surface area contributed by atoms with Crippen molar-refractivity contribution in [1.29, 1.82) is 0 Å². The number of anilines is 7. The van der Waals surface area contributed by atoms with Crippen LogP contribution < -0.4 is 14.7 Å². The fraction of sp³-hybridized carbons (Fsp3) is 0.0312. The van der Waals surface area contributed by atoms with E-state index in [4.69, 9.17) is 0 Å². The lowest BCUT2D eigenvalue weighted by Gasteiger charge is -2.38. The van der Waals surface area contributed by atoms with E-state index < -0.39 is 0 Å². The van der Waals surface area contributed by atoms with Crippen LogP contribution in [0, 0.1) is 0 Å². The summed E-state index contributed by atoms with van der Waals surface area (Å²) >= 11 is 0. The molecule has 69 heavy (non-hydrogen) atoms. The van der Waals surface area contributed by atoms with Crippen molar-refractivity contribution < 1.29 is 9.59 Å². The van der Waals surface area contributed by atoms with Crippen LogP contribution in [0.3, 0.4) is 0 Å². The molecule has 13 rings (SSSR count). The molecule has 3 aliphatic rings. The van der Waals surface area contributed by atoms with Gasteiger partial charge in [0.25, 0.3) is 11.8 Å². The lowest BCUT2D eigenvalue weighted by molar-refractivity contribution is 0.0926. The molecule has 0 atom stereocenters. The van der Waals surface area contributed by atoms with Crippen molar-refractivity contribution in [2.24, 2.45) is 0 Å². The van der Waals surface area contributed by atoms with Crippen LogP contribution in [-0.2, 0) is 0 Å². The number of carbonyl (C=O) groups excluding carboxylic acids is 2. The molecule has 2 amide bonds. The molecule has 10 aromatic carbocycles. The zero-order valence-corrected chi connectivity index (χ0v) is 37.5. The van der Waals surface area contributed by atoms with Crippen molar-refractivity contribution in [3.63, 3.8) is 0 Å². The minimum atomic E-state index is -0.334. The third kappa shape index (κ3) is 6.46. The first-order valence-corrected chi connectivity index (χ1v) is 23.5. The van der Waals surface area contributed by atoms with Gasteiger partial charge in [0, 0.05) is 23.2 Å². The second kappa shape index (κ2) is 16.4. The molecule has 0 fully saturated rings. The van der Waals surface area contributed by atoms with Crippen LogP contribution in [0.15, 0.2) is 249 Å². The molecule has 0 saturated heterocycles. The molecule has 3 heterocycles. The summed E-state index contributed by atoms with van der Waals surface area (Å²) in [7, 11) is 0. The van der Waals surface area contributed by atoms with Gasteiger partial charge in [-0.1, -0.05) is 188 Å². The van der Waals surface area contributed by atoms with E-state index in [-0.39, 0.29) is 23.7 Å². The van der Waals surface area contributed by atoms with E-state index in [9.17, 15) is 9.59 Å². The van der Waals surface area contributed by atoms with Gasteiger partial charge in [-0.25, -0.2) is 4.90 Å². The van der Waals surface area contributed by atoms with Gasteiger partial charge < -0.3 is 9.80 Å². The molecular weight excluding hydrogens is 843 g/mol. The summed E-state index contributed by atoms with van der Waals surface area (Å²) in [4.78, 5) is 35.7. The van der Waals surface area contributed by atoms with Crippen molar-refractivity contribution in [2.75, 3.05) is 14.7 Å². The maximum atomic E-state index is 14.8. The summed E-state index contributed by atoms with van der Waals surface area (Å²) in [5.74, 6) is -0.486. The molecule has 0 aromatic heterocycles. The fourth-order valence-electron chi connectivity index (χ4n) is 11.1. The Hall–Kier alpha value is -9.06. The molecule has 0 N–H and O–H groups in total. The first-order chi connectivity index (χ1) is 34.1. The summed E-state index contributed by atoms with van der Waals surface area (Å²) < 4.78 is 0. The van der Waals surface area contributed by atoms with Gasteiger partial charge in [0.05, 0.1) is 39.6 Å². The molecule has 0 saturated carbocycles. The molecule has 0 spiro atoms. The van der Waals surface area contributed by atoms with Gasteiger partial charge >= 0.3 is 0 Å². The molecule has 5 nitrogen and oxygen atoms in total. The van der Waals surface area contributed by atoms with E-state index in [0.717, 1.165) is 45.3 Å². The van der Waals surface area contributed by atoms with Gasteiger partial charge in [-0.05, 0) is 116 Å². The van der Waals surface area contributed by atoms with Crippen LogP contribution in [0.25, 0.3) is 22.3 Å². The Kier molecular flexibility index (Phi) is 9.55.